The fraction of sp³-hybridized carbons (Fsp3) is 1.00. The maximum atomic E-state index is 9.11. The molecule has 1 N–H and O–H groups in total. The van der Waals surface area contributed by atoms with Gasteiger partial charge in [0.2, 0.25) is 0 Å². The Balaban J connectivity index is 2.03. The van der Waals surface area contributed by atoms with Crippen LogP contribution in [0.3, 0.4) is 0 Å². The molecule has 0 aromatic carbocycles. The molecule has 1 heterocycles. The van der Waals surface area contributed by atoms with E-state index in [2.05, 4.69) is 18.7 Å². The Bertz CT molecular complexity index is 166. The van der Waals surface area contributed by atoms with Gasteiger partial charge in [-0.25, -0.2) is 0 Å². The summed E-state index contributed by atoms with van der Waals surface area (Å²) >= 11 is 0. The molecule has 0 aromatic rings. The highest BCUT2D eigenvalue weighted by Gasteiger charge is 2.28. The van der Waals surface area contributed by atoms with E-state index in [-0.39, 0.29) is 6.10 Å². The Morgan fingerprint density at radius 2 is 2.07 bits per heavy atom. The van der Waals surface area contributed by atoms with Crippen molar-refractivity contribution in [3.63, 3.8) is 0 Å². The Kier molecular flexibility index (Phi) is 4.39. The smallest absolute Gasteiger partial charge is 0.0512 e. The minimum absolute atomic E-state index is 0.120. The predicted octanol–water partition coefficient (Wildman–Crippen LogP) is 2.27. The van der Waals surface area contributed by atoms with Gasteiger partial charge in [0.05, 0.1) is 6.10 Å². The Morgan fingerprint density at radius 1 is 1.36 bits per heavy atom. The highest BCUT2D eigenvalue weighted by molar-refractivity contribution is 4.82. The van der Waals surface area contributed by atoms with E-state index in [4.69, 9.17) is 5.11 Å². The van der Waals surface area contributed by atoms with Gasteiger partial charge in [0.25, 0.3) is 0 Å². The maximum absolute atomic E-state index is 9.11. The van der Waals surface area contributed by atoms with Crippen LogP contribution in [0.2, 0.25) is 0 Å². The lowest BCUT2D eigenvalue weighted by molar-refractivity contribution is 0.177. The van der Waals surface area contributed by atoms with E-state index in [1.165, 1.54) is 32.5 Å². The summed E-state index contributed by atoms with van der Waals surface area (Å²) in [7, 11) is 0. The van der Waals surface area contributed by atoms with Crippen molar-refractivity contribution < 1.29 is 5.11 Å². The average Bonchev–Trinajstić information content (AvgIpc) is 2.39. The van der Waals surface area contributed by atoms with Gasteiger partial charge in [0, 0.05) is 6.54 Å². The topological polar surface area (TPSA) is 23.5 Å². The molecule has 1 fully saturated rings. The van der Waals surface area contributed by atoms with E-state index in [1.807, 2.05) is 6.92 Å². The summed E-state index contributed by atoms with van der Waals surface area (Å²) in [6.45, 7) is 10.3. The van der Waals surface area contributed by atoms with E-state index in [0.717, 1.165) is 12.8 Å². The van der Waals surface area contributed by atoms with Crippen LogP contribution in [-0.4, -0.2) is 35.7 Å². The SMILES string of the molecule is CC(O)CCCCN1CCC(C)(C)C1. The molecule has 1 unspecified atom stereocenters. The second-order valence-electron chi connectivity index (χ2n) is 5.54. The molecule has 1 aliphatic rings. The Labute approximate surface area is 88.3 Å². The lowest BCUT2D eigenvalue weighted by Gasteiger charge is -2.19. The van der Waals surface area contributed by atoms with Crippen molar-refractivity contribution in [2.75, 3.05) is 19.6 Å². The molecule has 0 spiro atoms. The van der Waals surface area contributed by atoms with Crippen LogP contribution in [0.15, 0.2) is 0 Å². The van der Waals surface area contributed by atoms with Crippen LogP contribution < -0.4 is 0 Å². The number of likely N-dealkylation sites (tertiary alicyclic amines) is 1. The van der Waals surface area contributed by atoms with Gasteiger partial charge >= 0.3 is 0 Å². The largest absolute Gasteiger partial charge is 0.393 e. The first-order valence-electron chi connectivity index (χ1n) is 5.90. The summed E-state index contributed by atoms with van der Waals surface area (Å²) in [6.07, 6.45) is 4.57. The molecule has 84 valence electrons. The third kappa shape index (κ3) is 4.43. The lowest BCUT2D eigenvalue weighted by Crippen LogP contribution is -2.24. The number of hydrogen-bond donors (Lipinski definition) is 1. The third-order valence-electron chi connectivity index (χ3n) is 3.10. The van der Waals surface area contributed by atoms with E-state index in [1.54, 1.807) is 0 Å². The van der Waals surface area contributed by atoms with E-state index in [9.17, 15) is 0 Å². The average molecular weight is 199 g/mol. The summed E-state index contributed by atoms with van der Waals surface area (Å²) in [4.78, 5) is 2.56. The molecule has 2 heteroatoms. The van der Waals surface area contributed by atoms with Gasteiger partial charge in [0.1, 0.15) is 0 Å². The standard InChI is InChI=1S/C12H25NO/c1-11(14)6-4-5-8-13-9-7-12(2,3)10-13/h11,14H,4-10H2,1-3H3. The molecule has 1 atom stereocenters. The Morgan fingerprint density at radius 3 is 2.57 bits per heavy atom. The summed E-state index contributed by atoms with van der Waals surface area (Å²) in [5, 5.41) is 9.11. The molecule has 1 saturated heterocycles. The van der Waals surface area contributed by atoms with Gasteiger partial charge in [-0.2, -0.15) is 0 Å². The van der Waals surface area contributed by atoms with Crippen molar-refractivity contribution in [3.8, 4) is 0 Å². The molecular formula is C12H25NO. The number of unbranched alkanes of at least 4 members (excludes halogenated alkanes) is 1. The van der Waals surface area contributed by atoms with Crippen molar-refractivity contribution in [3.05, 3.63) is 0 Å². The fourth-order valence-electron chi connectivity index (χ4n) is 2.19. The van der Waals surface area contributed by atoms with Gasteiger partial charge < -0.3 is 10.0 Å². The van der Waals surface area contributed by atoms with Crippen LogP contribution in [0.25, 0.3) is 0 Å². The zero-order valence-corrected chi connectivity index (χ0v) is 9.92. The Hall–Kier alpha value is -0.0800. The van der Waals surface area contributed by atoms with E-state index >= 15 is 0 Å². The van der Waals surface area contributed by atoms with E-state index in [0.29, 0.717) is 5.41 Å². The lowest BCUT2D eigenvalue weighted by atomic mass is 9.93. The van der Waals surface area contributed by atoms with Crippen LogP contribution >= 0.6 is 0 Å². The third-order valence-corrected chi connectivity index (χ3v) is 3.10. The van der Waals surface area contributed by atoms with Crippen LogP contribution in [0.4, 0.5) is 0 Å². The van der Waals surface area contributed by atoms with Gasteiger partial charge in [-0.05, 0) is 51.1 Å². The first-order valence-corrected chi connectivity index (χ1v) is 5.90. The van der Waals surface area contributed by atoms with Gasteiger partial charge in [0.15, 0.2) is 0 Å². The molecule has 1 aliphatic heterocycles. The number of rotatable bonds is 5. The summed E-state index contributed by atoms with van der Waals surface area (Å²) in [5.41, 5.74) is 0.532. The molecular weight excluding hydrogens is 174 g/mol. The molecule has 0 saturated carbocycles. The minimum atomic E-state index is -0.120. The van der Waals surface area contributed by atoms with Crippen LogP contribution in [0, 0.1) is 5.41 Å². The molecule has 0 radical (unpaired) electrons. The number of aliphatic hydroxyl groups excluding tert-OH is 1. The summed E-state index contributed by atoms with van der Waals surface area (Å²) in [5.74, 6) is 0. The summed E-state index contributed by atoms with van der Waals surface area (Å²) in [6, 6.07) is 0. The molecule has 0 amide bonds. The molecule has 14 heavy (non-hydrogen) atoms. The first kappa shape index (κ1) is 12.0. The first-order chi connectivity index (χ1) is 6.49. The number of aliphatic hydroxyl groups is 1. The van der Waals surface area contributed by atoms with Crippen molar-refractivity contribution in [2.24, 2.45) is 5.41 Å². The number of hydrogen-bond acceptors (Lipinski definition) is 2. The quantitative estimate of drug-likeness (QED) is 0.687. The fourth-order valence-corrected chi connectivity index (χ4v) is 2.19. The summed E-state index contributed by atoms with van der Waals surface area (Å²) < 4.78 is 0. The van der Waals surface area contributed by atoms with Crippen molar-refractivity contribution in [1.29, 1.82) is 0 Å². The van der Waals surface area contributed by atoms with Crippen LogP contribution in [-0.2, 0) is 0 Å². The monoisotopic (exact) mass is 199 g/mol. The maximum Gasteiger partial charge on any atom is 0.0512 e. The molecule has 0 aliphatic carbocycles. The van der Waals surface area contributed by atoms with Crippen LogP contribution in [0.1, 0.15) is 46.5 Å². The van der Waals surface area contributed by atoms with Gasteiger partial charge in [-0.1, -0.05) is 13.8 Å². The molecule has 0 aromatic heterocycles. The second-order valence-corrected chi connectivity index (χ2v) is 5.54. The highest BCUT2D eigenvalue weighted by atomic mass is 16.3. The van der Waals surface area contributed by atoms with Crippen molar-refractivity contribution >= 4 is 0 Å². The predicted molar refractivity (Wildman–Crippen MR) is 60.4 cm³/mol. The molecule has 2 nitrogen and oxygen atoms in total. The van der Waals surface area contributed by atoms with Crippen molar-refractivity contribution in [2.45, 2.75) is 52.6 Å². The highest BCUT2D eigenvalue weighted by Crippen LogP contribution is 2.28. The normalized spacial score (nSPS) is 24.0. The molecule has 1 rings (SSSR count). The van der Waals surface area contributed by atoms with Crippen LogP contribution in [0.5, 0.6) is 0 Å². The van der Waals surface area contributed by atoms with Crippen molar-refractivity contribution in [1.82, 2.24) is 4.90 Å². The zero-order valence-electron chi connectivity index (χ0n) is 9.92. The van der Waals surface area contributed by atoms with E-state index < -0.39 is 0 Å². The van der Waals surface area contributed by atoms with Gasteiger partial charge in [-0.3, -0.25) is 0 Å². The minimum Gasteiger partial charge on any atom is -0.393 e. The second kappa shape index (κ2) is 5.13. The zero-order chi connectivity index (χ0) is 10.6. The molecule has 0 bridgehead atoms. The van der Waals surface area contributed by atoms with Gasteiger partial charge in [-0.15, -0.1) is 0 Å². The number of nitrogens with zero attached hydrogens (tertiary/aromatic N) is 1.